The Balaban J connectivity index is 1.41. The Hall–Kier alpha value is -1.72. The molecular formula is C22H33N5. The molecule has 1 aromatic heterocycles. The van der Waals surface area contributed by atoms with Crippen molar-refractivity contribution in [2.75, 3.05) is 26.2 Å². The van der Waals surface area contributed by atoms with Crippen molar-refractivity contribution < 1.29 is 0 Å². The lowest BCUT2D eigenvalue weighted by Crippen LogP contribution is -2.35. The molecule has 0 spiro atoms. The Kier molecular flexibility index (Phi) is 5.89. The minimum Gasteiger partial charge on any atom is -0.317 e. The molecule has 0 bridgehead atoms. The summed E-state index contributed by atoms with van der Waals surface area (Å²) in [6.07, 6.45) is 6.48. The van der Waals surface area contributed by atoms with Crippen LogP contribution < -0.4 is 0 Å². The molecule has 3 heterocycles. The summed E-state index contributed by atoms with van der Waals surface area (Å²) >= 11 is 0. The average Bonchev–Trinajstić information content (AvgIpc) is 3.05. The van der Waals surface area contributed by atoms with Gasteiger partial charge in [-0.05, 0) is 63.4 Å². The summed E-state index contributed by atoms with van der Waals surface area (Å²) in [7, 11) is 2.16. The van der Waals surface area contributed by atoms with Crippen LogP contribution in [0.3, 0.4) is 0 Å². The van der Waals surface area contributed by atoms with E-state index in [2.05, 4.69) is 62.8 Å². The molecule has 2 aliphatic heterocycles. The second kappa shape index (κ2) is 8.53. The van der Waals surface area contributed by atoms with Gasteiger partial charge in [0.1, 0.15) is 11.6 Å². The fourth-order valence-electron chi connectivity index (χ4n) is 4.62. The van der Waals surface area contributed by atoms with E-state index >= 15 is 0 Å². The number of rotatable bonds is 5. The van der Waals surface area contributed by atoms with E-state index in [0.29, 0.717) is 5.92 Å². The first-order valence-corrected chi connectivity index (χ1v) is 10.6. The van der Waals surface area contributed by atoms with E-state index in [1.165, 1.54) is 68.7 Å². The van der Waals surface area contributed by atoms with Crippen LogP contribution in [-0.2, 0) is 20.1 Å². The Morgan fingerprint density at radius 2 is 1.70 bits per heavy atom. The van der Waals surface area contributed by atoms with Crippen LogP contribution in [0.5, 0.6) is 0 Å². The van der Waals surface area contributed by atoms with Crippen molar-refractivity contribution in [1.29, 1.82) is 0 Å². The van der Waals surface area contributed by atoms with Crippen molar-refractivity contribution in [3.05, 3.63) is 47.0 Å². The first-order chi connectivity index (χ1) is 13.2. The fourth-order valence-corrected chi connectivity index (χ4v) is 4.62. The first kappa shape index (κ1) is 18.6. The number of hydrogen-bond acceptors (Lipinski definition) is 4. The van der Waals surface area contributed by atoms with Gasteiger partial charge in [-0.2, -0.15) is 0 Å². The molecule has 2 aliphatic rings. The third-order valence-corrected chi connectivity index (χ3v) is 6.34. The van der Waals surface area contributed by atoms with Crippen molar-refractivity contribution in [2.24, 2.45) is 7.05 Å². The molecule has 0 N–H and O–H groups in total. The van der Waals surface area contributed by atoms with Gasteiger partial charge in [-0.15, -0.1) is 10.2 Å². The molecule has 0 amide bonds. The number of hydrogen-bond donors (Lipinski definition) is 0. The standard InChI is InChI=1S/C22H33N5/c1-18-9-4-5-10-19(18)15-27-14-8-11-20(16-27)22-24-23-21(25(22)2)17-26-12-6-3-7-13-26/h4-5,9-10,20H,3,6-8,11-17H2,1-2H3/t20-/m0/s1. The predicted molar refractivity (Wildman–Crippen MR) is 109 cm³/mol. The van der Waals surface area contributed by atoms with E-state index in [1.807, 2.05) is 0 Å². The zero-order chi connectivity index (χ0) is 18.6. The molecule has 5 heteroatoms. The third-order valence-electron chi connectivity index (χ3n) is 6.34. The van der Waals surface area contributed by atoms with Crippen LogP contribution in [0.25, 0.3) is 0 Å². The highest BCUT2D eigenvalue weighted by Gasteiger charge is 2.26. The summed E-state index contributed by atoms with van der Waals surface area (Å²) in [6.45, 7) is 8.89. The zero-order valence-electron chi connectivity index (χ0n) is 16.9. The van der Waals surface area contributed by atoms with Gasteiger partial charge in [0.15, 0.2) is 0 Å². The Labute approximate surface area is 163 Å². The van der Waals surface area contributed by atoms with Crippen LogP contribution in [0.4, 0.5) is 0 Å². The Morgan fingerprint density at radius 1 is 0.926 bits per heavy atom. The Bertz CT molecular complexity index is 747. The van der Waals surface area contributed by atoms with Crippen LogP contribution in [-0.4, -0.2) is 50.7 Å². The maximum absolute atomic E-state index is 4.62. The van der Waals surface area contributed by atoms with Gasteiger partial charge < -0.3 is 4.57 Å². The van der Waals surface area contributed by atoms with Crippen molar-refractivity contribution >= 4 is 0 Å². The van der Waals surface area contributed by atoms with E-state index in [9.17, 15) is 0 Å². The first-order valence-electron chi connectivity index (χ1n) is 10.6. The van der Waals surface area contributed by atoms with Crippen LogP contribution in [0.1, 0.15) is 60.8 Å². The predicted octanol–water partition coefficient (Wildman–Crippen LogP) is 3.49. The lowest BCUT2D eigenvalue weighted by molar-refractivity contribution is 0.193. The summed E-state index contributed by atoms with van der Waals surface area (Å²) in [4.78, 5) is 5.12. The number of aromatic nitrogens is 3. The van der Waals surface area contributed by atoms with E-state index in [1.54, 1.807) is 0 Å². The molecule has 2 saturated heterocycles. The number of piperidine rings is 2. The molecule has 0 aliphatic carbocycles. The van der Waals surface area contributed by atoms with Gasteiger partial charge in [0.25, 0.3) is 0 Å². The normalized spacial score (nSPS) is 22.2. The topological polar surface area (TPSA) is 37.2 Å². The summed E-state index contributed by atoms with van der Waals surface area (Å²) < 4.78 is 2.27. The quantitative estimate of drug-likeness (QED) is 0.811. The van der Waals surface area contributed by atoms with Crippen molar-refractivity contribution in [3.63, 3.8) is 0 Å². The summed E-state index contributed by atoms with van der Waals surface area (Å²) in [6, 6.07) is 8.75. The van der Waals surface area contributed by atoms with Gasteiger partial charge in [0.2, 0.25) is 0 Å². The van der Waals surface area contributed by atoms with E-state index < -0.39 is 0 Å². The molecule has 4 rings (SSSR count). The SMILES string of the molecule is Cc1ccccc1CN1CCC[C@H](c2nnc(CN3CCCCC3)n2C)C1. The maximum atomic E-state index is 4.62. The fraction of sp³-hybridized carbons (Fsp3) is 0.636. The highest BCUT2D eigenvalue weighted by atomic mass is 15.3. The van der Waals surface area contributed by atoms with Gasteiger partial charge >= 0.3 is 0 Å². The van der Waals surface area contributed by atoms with E-state index in [-0.39, 0.29) is 0 Å². The number of likely N-dealkylation sites (tertiary alicyclic amines) is 2. The second-order valence-electron chi connectivity index (χ2n) is 8.37. The summed E-state index contributed by atoms with van der Waals surface area (Å²) in [5.74, 6) is 2.80. The molecule has 0 unspecified atom stereocenters. The van der Waals surface area contributed by atoms with Crippen molar-refractivity contribution in [2.45, 2.75) is 58.0 Å². The van der Waals surface area contributed by atoms with E-state index in [0.717, 1.165) is 25.5 Å². The Morgan fingerprint density at radius 3 is 2.52 bits per heavy atom. The van der Waals surface area contributed by atoms with Gasteiger partial charge in [-0.1, -0.05) is 30.7 Å². The lowest BCUT2D eigenvalue weighted by Gasteiger charge is -2.32. The third kappa shape index (κ3) is 4.41. The van der Waals surface area contributed by atoms with E-state index in [4.69, 9.17) is 0 Å². The number of nitrogens with zero attached hydrogens (tertiary/aromatic N) is 5. The molecule has 0 saturated carbocycles. The highest BCUT2D eigenvalue weighted by Crippen LogP contribution is 2.27. The minimum atomic E-state index is 0.496. The molecule has 1 aromatic carbocycles. The molecule has 1 atom stereocenters. The minimum absolute atomic E-state index is 0.496. The largest absolute Gasteiger partial charge is 0.317 e. The van der Waals surface area contributed by atoms with Crippen LogP contribution >= 0.6 is 0 Å². The smallest absolute Gasteiger partial charge is 0.146 e. The van der Waals surface area contributed by atoms with Gasteiger partial charge in [0.05, 0.1) is 6.54 Å². The van der Waals surface area contributed by atoms with Gasteiger partial charge in [-0.25, -0.2) is 0 Å². The second-order valence-corrected chi connectivity index (χ2v) is 8.37. The van der Waals surface area contributed by atoms with Crippen molar-refractivity contribution in [1.82, 2.24) is 24.6 Å². The average molecular weight is 368 g/mol. The molecule has 2 aromatic rings. The number of benzene rings is 1. The molecular weight excluding hydrogens is 334 g/mol. The maximum Gasteiger partial charge on any atom is 0.146 e. The zero-order valence-corrected chi connectivity index (χ0v) is 16.9. The van der Waals surface area contributed by atoms with Crippen LogP contribution in [0.2, 0.25) is 0 Å². The monoisotopic (exact) mass is 367 g/mol. The summed E-state index contributed by atoms with van der Waals surface area (Å²) in [5, 5.41) is 9.18. The highest BCUT2D eigenvalue weighted by molar-refractivity contribution is 5.25. The number of aryl methyl sites for hydroxylation is 1. The lowest BCUT2D eigenvalue weighted by atomic mass is 9.96. The molecule has 2 fully saturated rings. The molecule has 146 valence electrons. The van der Waals surface area contributed by atoms with Crippen LogP contribution in [0, 0.1) is 6.92 Å². The van der Waals surface area contributed by atoms with Gasteiger partial charge in [0, 0.05) is 26.1 Å². The molecule has 27 heavy (non-hydrogen) atoms. The van der Waals surface area contributed by atoms with Gasteiger partial charge in [-0.3, -0.25) is 9.80 Å². The summed E-state index contributed by atoms with van der Waals surface area (Å²) in [5.41, 5.74) is 2.84. The molecule has 0 radical (unpaired) electrons. The van der Waals surface area contributed by atoms with Crippen molar-refractivity contribution in [3.8, 4) is 0 Å². The molecule has 5 nitrogen and oxygen atoms in total. The van der Waals surface area contributed by atoms with Crippen LogP contribution in [0.15, 0.2) is 24.3 Å².